The normalized spacial score (nSPS) is 10.9. The third-order valence-electron chi connectivity index (χ3n) is 2.71. The molecule has 90 valence electrons. The second-order valence-corrected chi connectivity index (χ2v) is 4.14. The van der Waals surface area contributed by atoms with Gasteiger partial charge in [-0.1, -0.05) is 13.8 Å². The molecule has 0 unspecified atom stereocenters. The maximum Gasteiger partial charge on any atom is 0.133 e. The van der Waals surface area contributed by atoms with Crippen LogP contribution in [-0.4, -0.2) is 24.2 Å². The smallest absolute Gasteiger partial charge is 0.133 e. The van der Waals surface area contributed by atoms with E-state index in [1.54, 1.807) is 20.5 Å². The first-order valence-electron chi connectivity index (χ1n) is 5.54. The van der Waals surface area contributed by atoms with E-state index in [-0.39, 0.29) is 0 Å². The number of nitrogens with zero attached hydrogens (tertiary/aromatic N) is 2. The molecule has 1 aromatic heterocycles. The number of ether oxygens (including phenoxy) is 2. The molecule has 1 aromatic carbocycles. The maximum absolute atomic E-state index is 5.40. The Morgan fingerprint density at radius 1 is 1.06 bits per heavy atom. The molecule has 0 N–H and O–H groups in total. The summed E-state index contributed by atoms with van der Waals surface area (Å²) >= 11 is 0. The number of benzene rings is 1. The van der Waals surface area contributed by atoms with Crippen LogP contribution in [-0.2, 0) is 0 Å². The quantitative estimate of drug-likeness (QED) is 0.816. The second-order valence-electron chi connectivity index (χ2n) is 4.14. The van der Waals surface area contributed by atoms with Gasteiger partial charge >= 0.3 is 0 Å². The van der Waals surface area contributed by atoms with Crippen molar-refractivity contribution in [3.63, 3.8) is 0 Å². The van der Waals surface area contributed by atoms with Crippen LogP contribution in [0.3, 0.4) is 0 Å². The topological polar surface area (TPSA) is 44.2 Å². The van der Waals surface area contributed by atoms with Crippen molar-refractivity contribution >= 4 is 10.9 Å². The lowest BCUT2D eigenvalue weighted by Gasteiger charge is -2.13. The van der Waals surface area contributed by atoms with Gasteiger partial charge in [-0.05, 0) is 5.92 Å². The molecule has 4 nitrogen and oxygen atoms in total. The lowest BCUT2D eigenvalue weighted by atomic mass is 10.0. The average Bonchev–Trinajstić information content (AvgIpc) is 2.36. The Kier molecular flexibility index (Phi) is 3.13. The summed E-state index contributed by atoms with van der Waals surface area (Å²) in [5.41, 5.74) is 1.84. The summed E-state index contributed by atoms with van der Waals surface area (Å²) in [4.78, 5) is 8.61. The summed E-state index contributed by atoms with van der Waals surface area (Å²) < 4.78 is 10.6. The van der Waals surface area contributed by atoms with E-state index < -0.39 is 0 Å². The molecule has 4 heteroatoms. The third-order valence-corrected chi connectivity index (χ3v) is 2.71. The lowest BCUT2D eigenvalue weighted by Crippen LogP contribution is -1.99. The standard InChI is InChI=1S/C13H16N2O2/c1-8(2)13-12-10(14-7-15-13)5-9(16-3)6-11(12)17-4/h5-8H,1-4H3. The van der Waals surface area contributed by atoms with Crippen LogP contribution in [0.25, 0.3) is 10.9 Å². The van der Waals surface area contributed by atoms with Crippen LogP contribution in [0.5, 0.6) is 11.5 Å². The highest BCUT2D eigenvalue weighted by Gasteiger charge is 2.13. The van der Waals surface area contributed by atoms with Crippen LogP contribution >= 0.6 is 0 Å². The van der Waals surface area contributed by atoms with Crippen molar-refractivity contribution in [1.29, 1.82) is 0 Å². The van der Waals surface area contributed by atoms with Crippen LogP contribution in [0.4, 0.5) is 0 Å². The number of fused-ring (bicyclic) bond motifs is 1. The fourth-order valence-electron chi connectivity index (χ4n) is 1.87. The fraction of sp³-hybridized carbons (Fsp3) is 0.385. The third kappa shape index (κ3) is 2.02. The van der Waals surface area contributed by atoms with Crippen molar-refractivity contribution in [2.45, 2.75) is 19.8 Å². The molecule has 0 aliphatic rings. The van der Waals surface area contributed by atoms with Crippen LogP contribution in [0.2, 0.25) is 0 Å². The summed E-state index contributed by atoms with van der Waals surface area (Å²) in [7, 11) is 3.27. The van der Waals surface area contributed by atoms with Gasteiger partial charge in [-0.3, -0.25) is 0 Å². The molecule has 0 fully saturated rings. The molecule has 0 saturated carbocycles. The molecule has 2 rings (SSSR count). The molecule has 0 radical (unpaired) electrons. The summed E-state index contributed by atoms with van der Waals surface area (Å²) in [5, 5.41) is 0.964. The van der Waals surface area contributed by atoms with Gasteiger partial charge in [0.1, 0.15) is 17.8 Å². The Balaban J connectivity index is 2.79. The average molecular weight is 232 g/mol. The highest BCUT2D eigenvalue weighted by Crippen LogP contribution is 2.34. The number of methoxy groups -OCH3 is 2. The predicted molar refractivity (Wildman–Crippen MR) is 66.7 cm³/mol. The SMILES string of the molecule is COc1cc(OC)c2c(C(C)C)ncnc2c1. The molecule has 2 aromatic rings. The molecule has 1 heterocycles. The van der Waals surface area contributed by atoms with Gasteiger partial charge in [-0.25, -0.2) is 9.97 Å². The second kappa shape index (κ2) is 4.57. The van der Waals surface area contributed by atoms with Crippen LogP contribution < -0.4 is 9.47 Å². The first-order valence-corrected chi connectivity index (χ1v) is 5.54. The monoisotopic (exact) mass is 232 g/mol. The van der Waals surface area contributed by atoms with E-state index in [4.69, 9.17) is 9.47 Å². The number of hydrogen-bond acceptors (Lipinski definition) is 4. The van der Waals surface area contributed by atoms with E-state index in [1.807, 2.05) is 12.1 Å². The summed E-state index contributed by atoms with van der Waals surface area (Å²) in [6.07, 6.45) is 1.58. The largest absolute Gasteiger partial charge is 0.497 e. The van der Waals surface area contributed by atoms with Gasteiger partial charge in [0.15, 0.2) is 0 Å². The Bertz CT molecular complexity index is 538. The van der Waals surface area contributed by atoms with Gasteiger partial charge in [0.05, 0.1) is 30.8 Å². The fourth-order valence-corrected chi connectivity index (χ4v) is 1.87. The molecule has 0 aliphatic heterocycles. The van der Waals surface area contributed by atoms with E-state index in [2.05, 4.69) is 23.8 Å². The first-order chi connectivity index (χ1) is 8.17. The number of rotatable bonds is 3. The molecule has 0 spiro atoms. The van der Waals surface area contributed by atoms with Gasteiger partial charge in [0, 0.05) is 12.1 Å². The molecule has 0 atom stereocenters. The maximum atomic E-state index is 5.40. The zero-order valence-electron chi connectivity index (χ0n) is 10.5. The van der Waals surface area contributed by atoms with Gasteiger partial charge in [-0.2, -0.15) is 0 Å². The van der Waals surface area contributed by atoms with Crippen molar-refractivity contribution in [2.24, 2.45) is 0 Å². The number of hydrogen-bond donors (Lipinski definition) is 0. The summed E-state index contributed by atoms with van der Waals surface area (Å²) in [5.74, 6) is 1.81. The summed E-state index contributed by atoms with van der Waals surface area (Å²) in [6.45, 7) is 4.21. The minimum atomic E-state index is 0.322. The van der Waals surface area contributed by atoms with Crippen LogP contribution in [0.15, 0.2) is 18.5 Å². The minimum Gasteiger partial charge on any atom is -0.497 e. The Labute approximate surface area is 101 Å². The zero-order chi connectivity index (χ0) is 12.4. The Morgan fingerprint density at radius 2 is 1.82 bits per heavy atom. The highest BCUT2D eigenvalue weighted by atomic mass is 16.5. The lowest BCUT2D eigenvalue weighted by molar-refractivity contribution is 0.397. The van der Waals surface area contributed by atoms with Crippen molar-refractivity contribution in [3.05, 3.63) is 24.2 Å². The molecule has 0 amide bonds. The Morgan fingerprint density at radius 3 is 2.41 bits per heavy atom. The number of aromatic nitrogens is 2. The first kappa shape index (κ1) is 11.6. The van der Waals surface area contributed by atoms with Crippen molar-refractivity contribution in [2.75, 3.05) is 14.2 Å². The van der Waals surface area contributed by atoms with Crippen molar-refractivity contribution in [1.82, 2.24) is 9.97 Å². The summed E-state index contributed by atoms with van der Waals surface area (Å²) in [6, 6.07) is 3.75. The van der Waals surface area contributed by atoms with Gasteiger partial charge in [0.2, 0.25) is 0 Å². The molecular formula is C13H16N2O2. The van der Waals surface area contributed by atoms with Crippen molar-refractivity contribution < 1.29 is 9.47 Å². The van der Waals surface area contributed by atoms with Gasteiger partial charge < -0.3 is 9.47 Å². The van der Waals surface area contributed by atoms with E-state index in [0.29, 0.717) is 5.92 Å². The van der Waals surface area contributed by atoms with Gasteiger partial charge in [0.25, 0.3) is 0 Å². The van der Waals surface area contributed by atoms with Crippen LogP contribution in [0, 0.1) is 0 Å². The molecule has 0 saturated heterocycles. The molecule has 0 bridgehead atoms. The van der Waals surface area contributed by atoms with E-state index >= 15 is 0 Å². The zero-order valence-corrected chi connectivity index (χ0v) is 10.5. The van der Waals surface area contributed by atoms with E-state index in [1.165, 1.54) is 0 Å². The van der Waals surface area contributed by atoms with Crippen LogP contribution in [0.1, 0.15) is 25.5 Å². The Hall–Kier alpha value is -1.84. The van der Waals surface area contributed by atoms with Gasteiger partial charge in [-0.15, -0.1) is 0 Å². The molecule has 0 aliphatic carbocycles. The molecular weight excluding hydrogens is 216 g/mol. The van der Waals surface area contributed by atoms with E-state index in [0.717, 1.165) is 28.1 Å². The molecule has 17 heavy (non-hydrogen) atoms. The predicted octanol–water partition coefficient (Wildman–Crippen LogP) is 2.77. The highest BCUT2D eigenvalue weighted by molar-refractivity contribution is 5.89. The van der Waals surface area contributed by atoms with Crippen molar-refractivity contribution in [3.8, 4) is 11.5 Å². The van der Waals surface area contributed by atoms with E-state index in [9.17, 15) is 0 Å². The minimum absolute atomic E-state index is 0.322.